The number of nitrogens with zero attached hydrogens (tertiary/aromatic N) is 3. The first-order valence-electron chi connectivity index (χ1n) is 11.5. The summed E-state index contributed by atoms with van der Waals surface area (Å²) in [5, 5.41) is 2.97. The van der Waals surface area contributed by atoms with Gasteiger partial charge in [0.05, 0.1) is 12.8 Å². The van der Waals surface area contributed by atoms with Crippen molar-refractivity contribution in [2.45, 2.75) is 19.4 Å². The molecule has 0 aromatic heterocycles. The Labute approximate surface area is 195 Å². The predicted octanol–water partition coefficient (Wildman–Crippen LogP) is 2.14. The molecule has 4 rings (SSSR count). The largest absolute Gasteiger partial charge is 0.497 e. The number of fused-ring (bicyclic) bond motifs is 1. The van der Waals surface area contributed by atoms with Crippen LogP contribution in [0, 0.1) is 0 Å². The summed E-state index contributed by atoms with van der Waals surface area (Å²) in [6, 6.07) is 15.5. The molecule has 176 valence electrons. The van der Waals surface area contributed by atoms with Crippen molar-refractivity contribution >= 4 is 23.2 Å². The molecule has 0 bridgehead atoms. The lowest BCUT2D eigenvalue weighted by Crippen LogP contribution is -2.51. The third kappa shape index (κ3) is 5.39. The van der Waals surface area contributed by atoms with Crippen molar-refractivity contribution in [1.82, 2.24) is 10.2 Å². The summed E-state index contributed by atoms with van der Waals surface area (Å²) < 4.78 is 11.0. The van der Waals surface area contributed by atoms with E-state index in [2.05, 4.69) is 27.2 Å². The normalized spacial score (nSPS) is 18.5. The van der Waals surface area contributed by atoms with Crippen molar-refractivity contribution in [3.8, 4) is 11.5 Å². The number of rotatable bonds is 8. The molecule has 0 saturated carbocycles. The highest BCUT2D eigenvalue weighted by Gasteiger charge is 2.34. The first-order chi connectivity index (χ1) is 16.1. The minimum atomic E-state index is -0.547. The van der Waals surface area contributed by atoms with Crippen molar-refractivity contribution < 1.29 is 19.1 Å². The second kappa shape index (κ2) is 10.6. The van der Waals surface area contributed by atoms with Gasteiger partial charge in [-0.25, -0.2) is 0 Å². The quantitative estimate of drug-likeness (QED) is 0.662. The topological polar surface area (TPSA) is 74.3 Å². The number of benzene rings is 2. The Morgan fingerprint density at radius 1 is 1.09 bits per heavy atom. The molecule has 2 aliphatic rings. The van der Waals surface area contributed by atoms with Gasteiger partial charge >= 0.3 is 0 Å². The maximum absolute atomic E-state index is 12.8. The van der Waals surface area contributed by atoms with Crippen molar-refractivity contribution in [2.24, 2.45) is 0 Å². The maximum atomic E-state index is 12.8. The minimum Gasteiger partial charge on any atom is -0.497 e. The van der Waals surface area contributed by atoms with Gasteiger partial charge in [0.15, 0.2) is 6.10 Å². The van der Waals surface area contributed by atoms with Crippen LogP contribution in [0.4, 0.5) is 11.4 Å². The van der Waals surface area contributed by atoms with Gasteiger partial charge < -0.3 is 19.7 Å². The Bertz CT molecular complexity index is 957. The highest BCUT2D eigenvalue weighted by Crippen LogP contribution is 2.34. The third-order valence-corrected chi connectivity index (χ3v) is 6.20. The first-order valence-corrected chi connectivity index (χ1v) is 11.5. The number of piperazine rings is 1. The summed E-state index contributed by atoms with van der Waals surface area (Å²) in [4.78, 5) is 31.6. The fraction of sp³-hybridized carbons (Fsp3) is 0.440. The van der Waals surface area contributed by atoms with E-state index in [0.29, 0.717) is 24.4 Å². The molecule has 1 atom stereocenters. The van der Waals surface area contributed by atoms with Crippen LogP contribution in [0.15, 0.2) is 48.5 Å². The average Bonchev–Trinajstić information content (AvgIpc) is 2.86. The summed E-state index contributed by atoms with van der Waals surface area (Å²) in [5.41, 5.74) is 1.85. The number of para-hydroxylation sites is 2. The summed E-state index contributed by atoms with van der Waals surface area (Å²) in [7, 11) is 1.67. The van der Waals surface area contributed by atoms with Crippen LogP contribution in [0.5, 0.6) is 11.5 Å². The number of ether oxygens (including phenoxy) is 2. The molecular formula is C25H32N4O4. The fourth-order valence-electron chi connectivity index (χ4n) is 4.27. The van der Waals surface area contributed by atoms with Gasteiger partial charge in [-0.3, -0.25) is 19.4 Å². The zero-order valence-electron chi connectivity index (χ0n) is 19.3. The SMILES string of the molecule is CC[C@@H]1Oc2ccccc2N(CC(=O)NCCN2CCN(c3ccc(OC)cc3)CC2)C1=O. The van der Waals surface area contributed by atoms with Crippen LogP contribution in [0.1, 0.15) is 13.3 Å². The van der Waals surface area contributed by atoms with E-state index >= 15 is 0 Å². The number of carbonyl (C=O) groups is 2. The molecule has 8 nitrogen and oxygen atoms in total. The molecule has 1 saturated heterocycles. The molecule has 8 heteroatoms. The molecule has 33 heavy (non-hydrogen) atoms. The Morgan fingerprint density at radius 2 is 1.82 bits per heavy atom. The lowest BCUT2D eigenvalue weighted by Gasteiger charge is -2.36. The lowest BCUT2D eigenvalue weighted by molar-refractivity contribution is -0.129. The smallest absolute Gasteiger partial charge is 0.268 e. The summed E-state index contributed by atoms with van der Waals surface area (Å²) >= 11 is 0. The van der Waals surface area contributed by atoms with Gasteiger partial charge in [0.1, 0.15) is 18.0 Å². The average molecular weight is 453 g/mol. The monoisotopic (exact) mass is 452 g/mol. The summed E-state index contributed by atoms with van der Waals surface area (Å²) in [5.74, 6) is 1.18. The van der Waals surface area contributed by atoms with Crippen LogP contribution in [-0.2, 0) is 9.59 Å². The molecule has 2 aliphatic heterocycles. The van der Waals surface area contributed by atoms with E-state index in [0.717, 1.165) is 38.5 Å². The number of hydrogen-bond donors (Lipinski definition) is 1. The number of amides is 2. The second-order valence-corrected chi connectivity index (χ2v) is 8.28. The zero-order chi connectivity index (χ0) is 23.2. The zero-order valence-corrected chi connectivity index (χ0v) is 19.3. The molecule has 0 spiro atoms. The number of methoxy groups -OCH3 is 1. The Hall–Kier alpha value is -3.26. The van der Waals surface area contributed by atoms with Crippen molar-refractivity contribution in [1.29, 1.82) is 0 Å². The van der Waals surface area contributed by atoms with E-state index in [-0.39, 0.29) is 18.4 Å². The van der Waals surface area contributed by atoms with Crippen LogP contribution in [-0.4, -0.2) is 75.7 Å². The Kier molecular flexibility index (Phi) is 7.34. The first kappa shape index (κ1) is 22.9. The molecule has 1 N–H and O–H groups in total. The van der Waals surface area contributed by atoms with E-state index in [9.17, 15) is 9.59 Å². The van der Waals surface area contributed by atoms with Crippen molar-refractivity contribution in [2.75, 3.05) is 62.7 Å². The van der Waals surface area contributed by atoms with E-state index in [1.54, 1.807) is 7.11 Å². The summed E-state index contributed by atoms with van der Waals surface area (Å²) in [6.45, 7) is 7.01. The van der Waals surface area contributed by atoms with E-state index in [1.165, 1.54) is 10.6 Å². The fourth-order valence-corrected chi connectivity index (χ4v) is 4.27. The van der Waals surface area contributed by atoms with E-state index in [1.807, 2.05) is 43.3 Å². The Morgan fingerprint density at radius 3 is 2.52 bits per heavy atom. The van der Waals surface area contributed by atoms with E-state index < -0.39 is 6.10 Å². The minimum absolute atomic E-state index is 0.000946. The molecule has 2 heterocycles. The highest BCUT2D eigenvalue weighted by molar-refractivity contribution is 6.03. The number of nitrogens with one attached hydrogen (secondary N) is 1. The van der Waals surface area contributed by atoms with Crippen LogP contribution >= 0.6 is 0 Å². The van der Waals surface area contributed by atoms with Gasteiger partial charge in [0.25, 0.3) is 5.91 Å². The molecule has 1 fully saturated rings. The van der Waals surface area contributed by atoms with Crippen LogP contribution in [0.25, 0.3) is 0 Å². The van der Waals surface area contributed by atoms with Crippen LogP contribution in [0.2, 0.25) is 0 Å². The molecular weight excluding hydrogens is 420 g/mol. The predicted molar refractivity (Wildman–Crippen MR) is 128 cm³/mol. The number of anilines is 2. The molecule has 2 amide bonds. The van der Waals surface area contributed by atoms with Gasteiger partial charge in [-0.15, -0.1) is 0 Å². The van der Waals surface area contributed by atoms with Crippen molar-refractivity contribution in [3.05, 3.63) is 48.5 Å². The lowest BCUT2D eigenvalue weighted by atomic mass is 10.1. The standard InChI is InChI=1S/C25H32N4O4/c1-3-22-25(31)29(21-6-4-5-7-23(21)33-22)18-24(30)26-12-13-27-14-16-28(17-15-27)19-8-10-20(32-2)11-9-19/h4-11,22H,3,12-18H2,1-2H3,(H,26,30)/t22-/m0/s1. The van der Waals surface area contributed by atoms with Gasteiger partial charge in [0, 0.05) is 45.0 Å². The Balaban J connectivity index is 1.23. The van der Waals surface area contributed by atoms with Crippen LogP contribution in [0.3, 0.4) is 0 Å². The summed E-state index contributed by atoms with van der Waals surface area (Å²) in [6.07, 6.45) is 0.0167. The highest BCUT2D eigenvalue weighted by atomic mass is 16.5. The molecule has 0 aliphatic carbocycles. The van der Waals surface area contributed by atoms with Crippen LogP contribution < -0.4 is 24.6 Å². The third-order valence-electron chi connectivity index (χ3n) is 6.20. The number of hydrogen-bond acceptors (Lipinski definition) is 6. The van der Waals surface area contributed by atoms with Gasteiger partial charge in [-0.2, -0.15) is 0 Å². The van der Waals surface area contributed by atoms with Gasteiger partial charge in [-0.1, -0.05) is 19.1 Å². The number of carbonyl (C=O) groups excluding carboxylic acids is 2. The van der Waals surface area contributed by atoms with Gasteiger partial charge in [-0.05, 0) is 42.8 Å². The maximum Gasteiger partial charge on any atom is 0.268 e. The second-order valence-electron chi connectivity index (χ2n) is 8.28. The molecule has 2 aromatic carbocycles. The van der Waals surface area contributed by atoms with Crippen molar-refractivity contribution in [3.63, 3.8) is 0 Å². The molecule has 0 radical (unpaired) electrons. The molecule has 2 aromatic rings. The van der Waals surface area contributed by atoms with E-state index in [4.69, 9.17) is 9.47 Å². The van der Waals surface area contributed by atoms with Gasteiger partial charge in [0.2, 0.25) is 5.91 Å². The molecule has 0 unspecified atom stereocenters.